The Labute approximate surface area is 171 Å². The number of hydrogen-bond donors (Lipinski definition) is 2. The summed E-state index contributed by atoms with van der Waals surface area (Å²) in [5.41, 5.74) is 0. The molecule has 0 radical (unpaired) electrons. The number of carbonyl (C=O) groups is 2. The van der Waals surface area contributed by atoms with Crippen molar-refractivity contribution in [2.75, 3.05) is 33.4 Å². The molecule has 1 aromatic rings. The Hall–Kier alpha value is -2.17. The lowest BCUT2D eigenvalue weighted by atomic mass is 10.1. The van der Waals surface area contributed by atoms with E-state index in [1.54, 1.807) is 12.1 Å². The molecule has 1 aliphatic heterocycles. The lowest BCUT2D eigenvalue weighted by Crippen LogP contribution is -2.53. The monoisotopic (exact) mass is 427 g/mol. The zero-order valence-electron chi connectivity index (χ0n) is 17.0. The minimum absolute atomic E-state index is 0.103. The van der Waals surface area contributed by atoms with E-state index in [2.05, 4.69) is 10.6 Å². The van der Waals surface area contributed by atoms with Gasteiger partial charge in [0, 0.05) is 13.1 Å². The quantitative estimate of drug-likeness (QED) is 0.591. The molecular weight excluding hydrogens is 398 g/mol. The summed E-state index contributed by atoms with van der Waals surface area (Å²) >= 11 is 0. The van der Waals surface area contributed by atoms with E-state index in [0.717, 1.165) is 6.42 Å². The van der Waals surface area contributed by atoms with Gasteiger partial charge in [0.05, 0.1) is 25.2 Å². The van der Waals surface area contributed by atoms with Crippen LogP contribution in [0.3, 0.4) is 0 Å². The first-order valence-corrected chi connectivity index (χ1v) is 11.0. The van der Waals surface area contributed by atoms with E-state index in [0.29, 0.717) is 31.2 Å². The molecular formula is C19H29N3O6S. The van der Waals surface area contributed by atoms with Crippen LogP contribution in [0.2, 0.25) is 0 Å². The fourth-order valence-electron chi connectivity index (χ4n) is 2.80. The number of sulfonamides is 1. The molecule has 2 N–H and O–H groups in total. The molecule has 1 heterocycles. The minimum atomic E-state index is -3.83. The zero-order chi connectivity index (χ0) is 21.4. The third kappa shape index (κ3) is 6.41. The van der Waals surface area contributed by atoms with Crippen molar-refractivity contribution in [2.45, 2.75) is 37.8 Å². The molecule has 0 spiro atoms. The molecule has 0 aromatic heterocycles. The fourth-order valence-corrected chi connectivity index (χ4v) is 4.37. The second kappa shape index (κ2) is 10.6. The van der Waals surface area contributed by atoms with Crippen molar-refractivity contribution >= 4 is 21.8 Å². The number of amides is 2. The summed E-state index contributed by atoms with van der Waals surface area (Å²) < 4.78 is 37.8. The van der Waals surface area contributed by atoms with Gasteiger partial charge < -0.3 is 20.1 Å². The summed E-state index contributed by atoms with van der Waals surface area (Å²) in [6, 6.07) is 6.05. The van der Waals surface area contributed by atoms with Gasteiger partial charge in [-0.25, -0.2) is 8.42 Å². The Kier molecular flexibility index (Phi) is 8.42. The predicted molar refractivity (Wildman–Crippen MR) is 107 cm³/mol. The largest absolute Gasteiger partial charge is 0.497 e. The van der Waals surface area contributed by atoms with Gasteiger partial charge in [-0.15, -0.1) is 0 Å². The predicted octanol–water partition coefficient (Wildman–Crippen LogP) is 0.711. The Morgan fingerprint density at radius 3 is 2.48 bits per heavy atom. The maximum absolute atomic E-state index is 13.0. The van der Waals surface area contributed by atoms with Crippen molar-refractivity contribution in [3.8, 4) is 5.75 Å². The van der Waals surface area contributed by atoms with Crippen LogP contribution in [0.4, 0.5) is 0 Å². The molecule has 0 saturated carbocycles. The Morgan fingerprint density at radius 2 is 1.86 bits per heavy atom. The van der Waals surface area contributed by atoms with Crippen LogP contribution < -0.4 is 15.4 Å². The molecule has 2 amide bonds. The minimum Gasteiger partial charge on any atom is -0.497 e. The van der Waals surface area contributed by atoms with Crippen LogP contribution in [0.15, 0.2) is 29.2 Å². The van der Waals surface area contributed by atoms with Gasteiger partial charge in [0.15, 0.2) is 0 Å². The van der Waals surface area contributed by atoms with Gasteiger partial charge in [0.2, 0.25) is 10.0 Å². The highest BCUT2D eigenvalue weighted by Gasteiger charge is 2.35. The smallest absolute Gasteiger partial charge is 0.309 e. The average molecular weight is 428 g/mol. The number of ether oxygens (including phenoxy) is 2. The summed E-state index contributed by atoms with van der Waals surface area (Å²) in [5.74, 6) is -0.604. The second-order valence-corrected chi connectivity index (χ2v) is 9.01. The number of carbonyl (C=O) groups excluding carboxylic acids is 2. The number of nitrogens with zero attached hydrogens (tertiary/aromatic N) is 1. The van der Waals surface area contributed by atoms with Crippen LogP contribution in [0, 0.1) is 5.92 Å². The van der Waals surface area contributed by atoms with Crippen LogP contribution in [-0.2, 0) is 24.3 Å². The molecule has 1 aromatic carbocycles. The lowest BCUT2D eigenvalue weighted by molar-refractivity contribution is -0.140. The van der Waals surface area contributed by atoms with Crippen molar-refractivity contribution in [1.29, 1.82) is 0 Å². The Bertz CT molecular complexity index is 795. The molecule has 10 heteroatoms. The third-order valence-corrected chi connectivity index (χ3v) is 6.37. The number of methoxy groups -OCH3 is 1. The highest BCUT2D eigenvalue weighted by Crippen LogP contribution is 2.23. The van der Waals surface area contributed by atoms with Gasteiger partial charge in [-0.1, -0.05) is 13.8 Å². The van der Waals surface area contributed by atoms with Crippen molar-refractivity contribution in [3.63, 3.8) is 0 Å². The van der Waals surface area contributed by atoms with Crippen LogP contribution in [0.5, 0.6) is 5.75 Å². The molecule has 162 valence electrons. The molecule has 29 heavy (non-hydrogen) atoms. The Balaban J connectivity index is 1.99. The van der Waals surface area contributed by atoms with Crippen LogP contribution in [0.25, 0.3) is 0 Å². The van der Waals surface area contributed by atoms with Gasteiger partial charge in [-0.2, -0.15) is 4.31 Å². The molecule has 1 fully saturated rings. The van der Waals surface area contributed by atoms with Gasteiger partial charge >= 0.3 is 11.8 Å². The summed E-state index contributed by atoms with van der Waals surface area (Å²) in [6.45, 7) is 4.95. The van der Waals surface area contributed by atoms with E-state index in [9.17, 15) is 18.0 Å². The van der Waals surface area contributed by atoms with E-state index in [-0.39, 0.29) is 18.0 Å². The van der Waals surface area contributed by atoms with E-state index in [1.807, 2.05) is 13.8 Å². The fraction of sp³-hybridized carbons (Fsp3) is 0.579. The zero-order valence-corrected chi connectivity index (χ0v) is 17.8. The first-order chi connectivity index (χ1) is 13.8. The van der Waals surface area contributed by atoms with Gasteiger partial charge in [-0.3, -0.25) is 9.59 Å². The molecule has 0 bridgehead atoms. The third-order valence-electron chi connectivity index (χ3n) is 4.47. The molecule has 0 unspecified atom stereocenters. The van der Waals surface area contributed by atoms with Gasteiger partial charge in [0.1, 0.15) is 12.0 Å². The molecule has 1 aliphatic rings. The van der Waals surface area contributed by atoms with Crippen LogP contribution in [0.1, 0.15) is 26.7 Å². The van der Waals surface area contributed by atoms with Gasteiger partial charge in [0.25, 0.3) is 0 Å². The normalized spacial score (nSPS) is 17.7. The maximum Gasteiger partial charge on any atom is 0.309 e. The Morgan fingerprint density at radius 1 is 1.21 bits per heavy atom. The average Bonchev–Trinajstić information content (AvgIpc) is 2.71. The second-order valence-electron chi connectivity index (χ2n) is 7.12. The van der Waals surface area contributed by atoms with E-state index in [4.69, 9.17) is 9.47 Å². The van der Waals surface area contributed by atoms with Crippen molar-refractivity contribution in [1.82, 2.24) is 14.9 Å². The number of hydrogen-bond acceptors (Lipinski definition) is 6. The summed E-state index contributed by atoms with van der Waals surface area (Å²) in [5, 5.41) is 5.00. The highest BCUT2D eigenvalue weighted by molar-refractivity contribution is 7.89. The summed E-state index contributed by atoms with van der Waals surface area (Å²) in [4.78, 5) is 24.0. The highest BCUT2D eigenvalue weighted by atomic mass is 32.2. The van der Waals surface area contributed by atoms with Crippen LogP contribution >= 0.6 is 0 Å². The topological polar surface area (TPSA) is 114 Å². The molecule has 2 rings (SSSR count). The van der Waals surface area contributed by atoms with Gasteiger partial charge in [-0.05, 0) is 43.0 Å². The maximum atomic E-state index is 13.0. The molecule has 9 nitrogen and oxygen atoms in total. The van der Waals surface area contributed by atoms with E-state index >= 15 is 0 Å². The first-order valence-electron chi connectivity index (χ1n) is 9.59. The van der Waals surface area contributed by atoms with Crippen molar-refractivity contribution in [3.05, 3.63) is 24.3 Å². The molecule has 1 atom stereocenters. The molecule has 0 aliphatic carbocycles. The van der Waals surface area contributed by atoms with E-state index < -0.39 is 28.1 Å². The summed E-state index contributed by atoms with van der Waals surface area (Å²) in [6.07, 6.45) is 0.414. The number of rotatable bonds is 8. The number of benzene rings is 1. The van der Waals surface area contributed by atoms with Crippen molar-refractivity contribution < 1.29 is 27.5 Å². The summed E-state index contributed by atoms with van der Waals surface area (Å²) in [7, 11) is -2.33. The van der Waals surface area contributed by atoms with Crippen LogP contribution in [-0.4, -0.2) is 64.1 Å². The van der Waals surface area contributed by atoms with Crippen molar-refractivity contribution in [2.24, 2.45) is 5.92 Å². The lowest BCUT2D eigenvalue weighted by Gasteiger charge is -2.34. The first kappa shape index (κ1) is 23.1. The number of nitrogens with one attached hydrogen (secondary N) is 2. The van der Waals surface area contributed by atoms with E-state index in [1.165, 1.54) is 23.5 Å². The molecule has 1 saturated heterocycles. The SMILES string of the molecule is COc1ccc(S(=O)(=O)N2CCCO[C@H]2CNC(=O)C(=O)NCCC(C)C)cc1. The standard InChI is InChI=1S/C19H29N3O6S/c1-14(2)9-10-20-18(23)19(24)21-13-17-22(11-4-12-28-17)29(25,26)16-7-5-15(27-3)6-8-16/h5-8,14,17H,4,9-13H2,1-3H3,(H,20,23)(H,21,24)/t17-/m0/s1.